The van der Waals surface area contributed by atoms with Gasteiger partial charge in [0.2, 0.25) is 5.91 Å². The van der Waals surface area contributed by atoms with Gasteiger partial charge in [-0.15, -0.1) is 0 Å². The van der Waals surface area contributed by atoms with E-state index in [4.69, 9.17) is 0 Å². The van der Waals surface area contributed by atoms with Gasteiger partial charge < -0.3 is 15.0 Å². The lowest BCUT2D eigenvalue weighted by Gasteiger charge is -2.09. The van der Waals surface area contributed by atoms with Gasteiger partial charge in [-0.2, -0.15) is 0 Å². The summed E-state index contributed by atoms with van der Waals surface area (Å²) < 4.78 is 15.1. The number of anilines is 1. The highest BCUT2D eigenvalue weighted by atomic mass is 19.1. The molecule has 128 valence electrons. The van der Waals surface area contributed by atoms with Gasteiger partial charge in [-0.05, 0) is 42.8 Å². The Morgan fingerprint density at radius 1 is 1.28 bits per heavy atom. The van der Waals surface area contributed by atoms with Crippen molar-refractivity contribution in [3.05, 3.63) is 66.2 Å². The van der Waals surface area contributed by atoms with E-state index in [1.54, 1.807) is 43.6 Å². The molecule has 0 saturated heterocycles. The normalized spacial score (nSPS) is 10.6. The fourth-order valence-corrected chi connectivity index (χ4v) is 2.56. The summed E-state index contributed by atoms with van der Waals surface area (Å²) in [6, 6.07) is 11.3. The lowest BCUT2D eigenvalue weighted by Crippen LogP contribution is -2.14. The van der Waals surface area contributed by atoms with Crippen molar-refractivity contribution in [2.45, 2.75) is 19.9 Å². The van der Waals surface area contributed by atoms with Crippen molar-refractivity contribution in [1.29, 1.82) is 0 Å². The number of halogens is 1. The second-order valence-corrected chi connectivity index (χ2v) is 5.76. The topological polar surface area (TPSA) is 67.2 Å². The van der Waals surface area contributed by atoms with Crippen LogP contribution in [0.3, 0.4) is 0 Å². The minimum atomic E-state index is -0.299. The number of hydrogen-bond acceptors (Lipinski definition) is 3. The zero-order chi connectivity index (χ0) is 17.8. The minimum absolute atomic E-state index is 0.163. The van der Waals surface area contributed by atoms with Crippen molar-refractivity contribution in [2.75, 3.05) is 5.32 Å². The summed E-state index contributed by atoms with van der Waals surface area (Å²) in [7, 11) is 0. The molecule has 3 aromatic rings. The summed E-state index contributed by atoms with van der Waals surface area (Å²) >= 11 is 0. The van der Waals surface area contributed by atoms with Crippen LogP contribution >= 0.6 is 0 Å². The van der Waals surface area contributed by atoms with E-state index in [1.165, 1.54) is 12.1 Å². The summed E-state index contributed by atoms with van der Waals surface area (Å²) in [6.45, 7) is 2.09. The van der Waals surface area contributed by atoms with Gasteiger partial charge >= 0.3 is 0 Å². The van der Waals surface area contributed by atoms with E-state index in [0.29, 0.717) is 23.6 Å². The number of amides is 1. The predicted octanol–water partition coefficient (Wildman–Crippen LogP) is 3.73. The number of carbonyl (C=O) groups excluding carboxylic acids is 1. The molecule has 2 aromatic carbocycles. The van der Waals surface area contributed by atoms with Crippen LogP contribution < -0.4 is 5.32 Å². The Morgan fingerprint density at radius 3 is 2.88 bits per heavy atom. The Bertz CT molecular complexity index is 905. The molecule has 5 nitrogen and oxygen atoms in total. The molecule has 1 heterocycles. The number of aromatic nitrogens is 2. The van der Waals surface area contributed by atoms with E-state index in [9.17, 15) is 14.3 Å². The third kappa shape index (κ3) is 4.03. The Balaban J connectivity index is 1.65. The number of carbonyl (C=O) groups is 1. The molecule has 0 aliphatic rings. The first-order valence-corrected chi connectivity index (χ1v) is 7.89. The average molecular weight is 339 g/mol. The molecule has 0 spiro atoms. The molecule has 0 fully saturated rings. The van der Waals surface area contributed by atoms with Crippen LogP contribution in [0.2, 0.25) is 0 Å². The van der Waals surface area contributed by atoms with E-state index in [2.05, 4.69) is 10.3 Å². The molecule has 0 unspecified atom stereocenters. The molecule has 0 atom stereocenters. The van der Waals surface area contributed by atoms with E-state index in [0.717, 1.165) is 5.56 Å². The van der Waals surface area contributed by atoms with Gasteiger partial charge in [0.15, 0.2) is 0 Å². The molecule has 25 heavy (non-hydrogen) atoms. The fourth-order valence-electron chi connectivity index (χ4n) is 2.56. The lowest BCUT2D eigenvalue weighted by molar-refractivity contribution is -0.116. The van der Waals surface area contributed by atoms with Crippen LogP contribution in [-0.2, 0) is 11.3 Å². The van der Waals surface area contributed by atoms with E-state index in [-0.39, 0.29) is 23.9 Å². The summed E-state index contributed by atoms with van der Waals surface area (Å²) in [5, 5.41) is 12.4. The van der Waals surface area contributed by atoms with Crippen LogP contribution in [0.4, 0.5) is 10.1 Å². The van der Waals surface area contributed by atoms with Crippen molar-refractivity contribution in [1.82, 2.24) is 9.55 Å². The number of nitrogens with one attached hydrogen (secondary N) is 1. The first-order valence-electron chi connectivity index (χ1n) is 7.89. The molecule has 3 rings (SSSR count). The van der Waals surface area contributed by atoms with Crippen molar-refractivity contribution in [3.8, 4) is 17.1 Å². The van der Waals surface area contributed by atoms with Gasteiger partial charge in [-0.3, -0.25) is 4.79 Å². The van der Waals surface area contributed by atoms with Gasteiger partial charge in [-0.25, -0.2) is 9.37 Å². The van der Waals surface area contributed by atoms with Gasteiger partial charge in [0.25, 0.3) is 0 Å². The zero-order valence-corrected chi connectivity index (χ0v) is 13.7. The van der Waals surface area contributed by atoms with Crippen molar-refractivity contribution in [2.24, 2.45) is 0 Å². The maximum Gasteiger partial charge on any atom is 0.226 e. The van der Waals surface area contributed by atoms with Crippen LogP contribution in [0.5, 0.6) is 5.75 Å². The van der Waals surface area contributed by atoms with E-state index < -0.39 is 0 Å². The number of benzene rings is 2. The van der Waals surface area contributed by atoms with Crippen LogP contribution in [0, 0.1) is 12.7 Å². The van der Waals surface area contributed by atoms with Crippen LogP contribution in [-0.4, -0.2) is 20.6 Å². The second-order valence-electron chi connectivity index (χ2n) is 5.76. The van der Waals surface area contributed by atoms with E-state index >= 15 is 0 Å². The van der Waals surface area contributed by atoms with Crippen molar-refractivity contribution in [3.63, 3.8) is 0 Å². The van der Waals surface area contributed by atoms with Crippen molar-refractivity contribution >= 4 is 11.6 Å². The summed E-state index contributed by atoms with van der Waals surface area (Å²) in [6.07, 6.45) is 3.69. The summed E-state index contributed by atoms with van der Waals surface area (Å²) in [5.74, 6) is 0.381. The number of aryl methyl sites for hydroxylation is 2. The maximum absolute atomic E-state index is 13.3. The Hall–Kier alpha value is -3.15. The first-order chi connectivity index (χ1) is 12.0. The number of phenols is 1. The third-order valence-corrected chi connectivity index (χ3v) is 3.84. The third-order valence-electron chi connectivity index (χ3n) is 3.84. The van der Waals surface area contributed by atoms with E-state index in [1.807, 2.05) is 10.6 Å². The average Bonchev–Trinajstić information content (AvgIpc) is 3.05. The number of hydrogen-bond donors (Lipinski definition) is 2. The predicted molar refractivity (Wildman–Crippen MR) is 93.7 cm³/mol. The van der Waals surface area contributed by atoms with Gasteiger partial charge in [0.1, 0.15) is 17.4 Å². The zero-order valence-electron chi connectivity index (χ0n) is 13.7. The van der Waals surface area contributed by atoms with Gasteiger partial charge in [0, 0.05) is 36.6 Å². The second kappa shape index (κ2) is 7.17. The first kappa shape index (κ1) is 16.7. The Kier molecular flexibility index (Phi) is 4.79. The molecule has 0 saturated carbocycles. The Labute approximate surface area is 144 Å². The number of imidazole rings is 1. The molecule has 0 aliphatic heterocycles. The van der Waals surface area contributed by atoms with Crippen molar-refractivity contribution < 1.29 is 14.3 Å². The molecule has 1 aromatic heterocycles. The number of phenolic OH excluding ortho intramolecular Hbond substituents is 1. The Morgan fingerprint density at radius 2 is 2.12 bits per heavy atom. The van der Waals surface area contributed by atoms with Crippen LogP contribution in [0.1, 0.15) is 12.0 Å². The number of aromatic hydroxyl groups is 1. The highest BCUT2D eigenvalue weighted by molar-refractivity contribution is 5.90. The molecule has 0 bridgehead atoms. The summed E-state index contributed by atoms with van der Waals surface area (Å²) in [5.41, 5.74) is 1.83. The van der Waals surface area contributed by atoms with Crippen LogP contribution in [0.25, 0.3) is 11.4 Å². The highest BCUT2D eigenvalue weighted by Gasteiger charge is 2.09. The SMILES string of the molecule is Cc1cc(NC(=O)CCn2ccnc2-c2cccc(O)c2)ccc1F. The smallest absolute Gasteiger partial charge is 0.226 e. The van der Waals surface area contributed by atoms with Crippen LogP contribution in [0.15, 0.2) is 54.9 Å². The van der Waals surface area contributed by atoms with Gasteiger partial charge in [-0.1, -0.05) is 12.1 Å². The molecule has 0 radical (unpaired) electrons. The molecule has 1 amide bonds. The minimum Gasteiger partial charge on any atom is -0.508 e. The lowest BCUT2D eigenvalue weighted by atomic mass is 10.2. The number of rotatable bonds is 5. The molecular formula is C19H18FN3O2. The van der Waals surface area contributed by atoms with Gasteiger partial charge in [0.05, 0.1) is 0 Å². The maximum atomic E-state index is 13.3. The molecule has 6 heteroatoms. The summed E-state index contributed by atoms with van der Waals surface area (Å²) in [4.78, 5) is 16.4. The molecule has 2 N–H and O–H groups in total. The largest absolute Gasteiger partial charge is 0.508 e. The molecule has 0 aliphatic carbocycles. The molecular weight excluding hydrogens is 321 g/mol. The fraction of sp³-hybridized carbons (Fsp3) is 0.158. The highest BCUT2D eigenvalue weighted by Crippen LogP contribution is 2.22. The quantitative estimate of drug-likeness (QED) is 0.744. The monoisotopic (exact) mass is 339 g/mol. The standard InChI is InChI=1S/C19H18FN3O2/c1-13-11-15(5-6-17(13)20)22-18(25)7-9-23-10-8-21-19(23)14-3-2-4-16(24)12-14/h2-6,8,10-12,24H,7,9H2,1H3,(H,22,25). The number of nitrogens with zero attached hydrogens (tertiary/aromatic N) is 2.